The maximum atomic E-state index is 13.7. The second-order valence-corrected chi connectivity index (χ2v) is 9.15. The number of hydrazine groups is 1. The van der Waals surface area contributed by atoms with E-state index in [1.165, 1.54) is 0 Å². The summed E-state index contributed by atoms with van der Waals surface area (Å²) in [5.74, 6) is 1.64. The van der Waals surface area contributed by atoms with Crippen molar-refractivity contribution in [1.82, 2.24) is 10.9 Å². The largest absolute Gasteiger partial charge is 0.497 e. The quantitative estimate of drug-likeness (QED) is 0.502. The molecule has 33 heavy (non-hydrogen) atoms. The minimum absolute atomic E-state index is 0.0220. The van der Waals surface area contributed by atoms with Crippen LogP contribution in [0.1, 0.15) is 30.1 Å². The molecule has 2 heterocycles. The highest BCUT2D eigenvalue weighted by Gasteiger charge is 2.56. The van der Waals surface area contributed by atoms with Gasteiger partial charge in [0.15, 0.2) is 0 Å². The van der Waals surface area contributed by atoms with E-state index in [-0.39, 0.29) is 30.0 Å². The van der Waals surface area contributed by atoms with E-state index >= 15 is 0 Å². The highest BCUT2D eigenvalue weighted by molar-refractivity contribution is 9.10. The Labute approximate surface area is 202 Å². The summed E-state index contributed by atoms with van der Waals surface area (Å²) in [4.78, 5) is 15.6. The Kier molecular flexibility index (Phi) is 6.10. The van der Waals surface area contributed by atoms with Crippen LogP contribution in [-0.4, -0.2) is 25.7 Å². The molecule has 4 unspecified atom stereocenters. The molecule has 0 saturated carbocycles. The summed E-state index contributed by atoms with van der Waals surface area (Å²) in [7, 11) is 1.66. The molecule has 0 radical (unpaired) electrons. The van der Waals surface area contributed by atoms with Crippen molar-refractivity contribution in [3.05, 3.63) is 88.4 Å². The number of nitrogens with zero attached hydrogens (tertiary/aromatic N) is 1. The molecular weight excluding hydrogens is 482 g/mol. The third kappa shape index (κ3) is 4.01. The minimum atomic E-state index is -0.346. The Bertz CT molecular complexity index is 1140. The minimum Gasteiger partial charge on any atom is -0.497 e. The number of hydrogen-bond acceptors (Lipinski definition) is 5. The van der Waals surface area contributed by atoms with Gasteiger partial charge in [-0.2, -0.15) is 0 Å². The first-order chi connectivity index (χ1) is 16.1. The van der Waals surface area contributed by atoms with Crippen LogP contribution in [0.25, 0.3) is 0 Å². The molecule has 4 atom stereocenters. The Balaban J connectivity index is 1.58. The molecule has 170 valence electrons. The van der Waals surface area contributed by atoms with E-state index in [4.69, 9.17) is 9.47 Å². The van der Waals surface area contributed by atoms with Crippen molar-refractivity contribution >= 4 is 27.5 Å². The smallest absolute Gasteiger partial charge is 0.246 e. The van der Waals surface area contributed by atoms with Crippen molar-refractivity contribution in [2.45, 2.75) is 25.0 Å². The Morgan fingerprint density at radius 3 is 2.33 bits per heavy atom. The van der Waals surface area contributed by atoms with Gasteiger partial charge in [0.1, 0.15) is 17.5 Å². The molecule has 3 aromatic carbocycles. The number of carbonyl (C=O) groups is 1. The average molecular weight is 508 g/mol. The second kappa shape index (κ2) is 9.17. The van der Waals surface area contributed by atoms with Crippen LogP contribution in [-0.2, 0) is 4.79 Å². The van der Waals surface area contributed by atoms with Crippen molar-refractivity contribution in [3.63, 3.8) is 0 Å². The van der Waals surface area contributed by atoms with E-state index < -0.39 is 0 Å². The van der Waals surface area contributed by atoms with Gasteiger partial charge < -0.3 is 14.4 Å². The predicted molar refractivity (Wildman–Crippen MR) is 131 cm³/mol. The second-order valence-electron chi connectivity index (χ2n) is 8.23. The van der Waals surface area contributed by atoms with Crippen molar-refractivity contribution in [2.24, 2.45) is 5.92 Å². The molecule has 0 aliphatic carbocycles. The molecule has 2 fully saturated rings. The molecule has 1 amide bonds. The molecule has 2 aliphatic heterocycles. The van der Waals surface area contributed by atoms with Gasteiger partial charge in [-0.1, -0.05) is 40.2 Å². The number of halogens is 1. The van der Waals surface area contributed by atoms with E-state index in [1.807, 2.05) is 66.4 Å². The highest BCUT2D eigenvalue weighted by atomic mass is 79.9. The molecule has 6 nitrogen and oxygen atoms in total. The number of fused-ring (bicyclic) bond motifs is 1. The van der Waals surface area contributed by atoms with Gasteiger partial charge in [0.2, 0.25) is 5.91 Å². The summed E-state index contributed by atoms with van der Waals surface area (Å²) in [6, 6.07) is 23.5. The summed E-state index contributed by atoms with van der Waals surface area (Å²) in [5.41, 5.74) is 9.69. The lowest BCUT2D eigenvalue weighted by Gasteiger charge is -2.31. The molecule has 2 saturated heterocycles. The fraction of sp³-hybridized carbons (Fsp3) is 0.269. The van der Waals surface area contributed by atoms with Crippen LogP contribution in [0.2, 0.25) is 0 Å². The number of methoxy groups -OCH3 is 1. The van der Waals surface area contributed by atoms with E-state index in [0.717, 1.165) is 32.8 Å². The fourth-order valence-corrected chi connectivity index (χ4v) is 5.21. The van der Waals surface area contributed by atoms with Crippen molar-refractivity contribution < 1.29 is 14.3 Å². The SMILES string of the molecule is CCOc1ccc(C2NNC3C(=O)N(c4ccc(Br)cc4)C(c4cccc(OC)c4)C32)cc1. The van der Waals surface area contributed by atoms with E-state index in [1.54, 1.807) is 7.11 Å². The Morgan fingerprint density at radius 1 is 0.909 bits per heavy atom. The third-order valence-electron chi connectivity index (χ3n) is 6.40. The summed E-state index contributed by atoms with van der Waals surface area (Å²) >= 11 is 3.50. The molecule has 2 aliphatic rings. The molecule has 0 aromatic heterocycles. The summed E-state index contributed by atoms with van der Waals surface area (Å²) in [5, 5.41) is 0. The molecule has 5 rings (SSSR count). The lowest BCUT2D eigenvalue weighted by atomic mass is 9.83. The third-order valence-corrected chi connectivity index (χ3v) is 6.93. The predicted octanol–water partition coefficient (Wildman–Crippen LogP) is 4.78. The number of hydrogen-bond donors (Lipinski definition) is 2. The van der Waals surface area contributed by atoms with Gasteiger partial charge in [-0.05, 0) is 66.6 Å². The van der Waals surface area contributed by atoms with Crippen LogP contribution in [0.5, 0.6) is 11.5 Å². The van der Waals surface area contributed by atoms with E-state index in [0.29, 0.717) is 6.61 Å². The normalized spacial score (nSPS) is 24.1. The molecule has 0 bridgehead atoms. The van der Waals surface area contributed by atoms with Crippen molar-refractivity contribution in [3.8, 4) is 11.5 Å². The average Bonchev–Trinajstić information content (AvgIpc) is 3.39. The van der Waals surface area contributed by atoms with Crippen LogP contribution < -0.4 is 25.2 Å². The van der Waals surface area contributed by atoms with Gasteiger partial charge in [-0.15, -0.1) is 0 Å². The fourth-order valence-electron chi connectivity index (χ4n) is 4.94. The molecular formula is C26H26BrN3O3. The van der Waals surface area contributed by atoms with Gasteiger partial charge in [0.05, 0.1) is 25.8 Å². The molecule has 3 aromatic rings. The summed E-state index contributed by atoms with van der Waals surface area (Å²) in [6.07, 6.45) is 0. The maximum Gasteiger partial charge on any atom is 0.246 e. The molecule has 7 heteroatoms. The van der Waals surface area contributed by atoms with Crippen LogP contribution in [0.3, 0.4) is 0 Å². The Hall–Kier alpha value is -2.87. The summed E-state index contributed by atoms with van der Waals surface area (Å²) < 4.78 is 12.1. The number of carbonyl (C=O) groups excluding carboxylic acids is 1. The Morgan fingerprint density at radius 2 is 1.64 bits per heavy atom. The van der Waals surface area contributed by atoms with Crippen LogP contribution in [0.15, 0.2) is 77.3 Å². The van der Waals surface area contributed by atoms with Crippen LogP contribution in [0, 0.1) is 5.92 Å². The van der Waals surface area contributed by atoms with Gasteiger partial charge in [0.25, 0.3) is 0 Å². The van der Waals surface area contributed by atoms with Crippen LogP contribution in [0.4, 0.5) is 5.69 Å². The summed E-state index contributed by atoms with van der Waals surface area (Å²) in [6.45, 7) is 2.60. The van der Waals surface area contributed by atoms with Gasteiger partial charge in [-0.3, -0.25) is 4.79 Å². The zero-order chi connectivity index (χ0) is 22.9. The number of anilines is 1. The number of nitrogens with one attached hydrogen (secondary N) is 2. The number of amides is 1. The van der Waals surface area contributed by atoms with Gasteiger partial charge in [-0.25, -0.2) is 10.9 Å². The highest BCUT2D eigenvalue weighted by Crippen LogP contribution is 2.49. The van der Waals surface area contributed by atoms with E-state index in [2.05, 4.69) is 45.0 Å². The zero-order valence-corrected chi connectivity index (χ0v) is 20.1. The topological polar surface area (TPSA) is 62.8 Å². The number of benzene rings is 3. The zero-order valence-electron chi connectivity index (χ0n) is 18.5. The molecule has 2 N–H and O–H groups in total. The maximum absolute atomic E-state index is 13.7. The van der Waals surface area contributed by atoms with E-state index in [9.17, 15) is 4.79 Å². The van der Waals surface area contributed by atoms with Crippen molar-refractivity contribution in [2.75, 3.05) is 18.6 Å². The van der Waals surface area contributed by atoms with Crippen LogP contribution >= 0.6 is 15.9 Å². The standard InChI is InChI=1S/C26H26BrN3O3/c1-3-33-20-13-7-16(8-14-20)23-22-24(29-28-23)26(31)30(19-11-9-18(27)10-12-19)25(22)17-5-4-6-21(15-17)32-2/h4-15,22-25,28-29H,3H2,1-2H3. The lowest BCUT2D eigenvalue weighted by Crippen LogP contribution is -2.41. The molecule has 0 spiro atoms. The first-order valence-electron chi connectivity index (χ1n) is 11.1. The lowest BCUT2D eigenvalue weighted by molar-refractivity contribution is -0.119. The monoisotopic (exact) mass is 507 g/mol. The first kappa shape index (κ1) is 21.9. The van der Waals surface area contributed by atoms with Gasteiger partial charge in [0, 0.05) is 16.1 Å². The van der Waals surface area contributed by atoms with Gasteiger partial charge >= 0.3 is 0 Å². The first-order valence-corrected chi connectivity index (χ1v) is 11.9. The number of rotatable bonds is 6. The van der Waals surface area contributed by atoms with Crippen molar-refractivity contribution in [1.29, 1.82) is 0 Å². The number of ether oxygens (including phenoxy) is 2.